The van der Waals surface area contributed by atoms with Gasteiger partial charge in [0.15, 0.2) is 0 Å². The molecule has 0 saturated heterocycles. The van der Waals surface area contributed by atoms with Crippen LogP contribution in [0.4, 0.5) is 26.3 Å². The van der Waals surface area contributed by atoms with Crippen LogP contribution in [0, 0.1) is 0 Å². The summed E-state index contributed by atoms with van der Waals surface area (Å²) in [5, 5.41) is 5.46. The van der Waals surface area contributed by atoms with Crippen LogP contribution < -0.4 is 15.4 Å². The van der Waals surface area contributed by atoms with Crippen molar-refractivity contribution in [3.8, 4) is 5.75 Å². The van der Waals surface area contributed by atoms with Crippen LogP contribution in [0.15, 0.2) is 24.3 Å². The van der Waals surface area contributed by atoms with Crippen LogP contribution in [0.2, 0.25) is 0 Å². The molecule has 142 valence electrons. The molecule has 10 heteroatoms. The standard InChI is InChI=1S/C15H18F6N2O2/c1-9(2)23-12(24)8-22-7-10-3-5-11(6-4-10)25-15(20,21)13(16)14(17,18)19/h3-6,9,13,22H,7-8H2,1-2H3,(H,23,24). The van der Waals surface area contributed by atoms with Crippen LogP contribution in [-0.4, -0.2) is 37.0 Å². The SMILES string of the molecule is CC(C)NC(=O)CNCc1ccc(OC(F)(F)C(F)C(F)(F)F)cc1. The Morgan fingerprint density at radius 1 is 1.12 bits per heavy atom. The maximum atomic E-state index is 13.1. The quantitative estimate of drug-likeness (QED) is 0.690. The predicted octanol–water partition coefficient (Wildman–Crippen LogP) is 3.17. The van der Waals surface area contributed by atoms with E-state index in [1.54, 1.807) is 13.8 Å². The van der Waals surface area contributed by atoms with Crippen molar-refractivity contribution < 1.29 is 35.9 Å². The second kappa shape index (κ2) is 8.41. The number of ether oxygens (including phenoxy) is 1. The largest absolute Gasteiger partial charge is 0.439 e. The van der Waals surface area contributed by atoms with Gasteiger partial charge in [0.1, 0.15) is 5.75 Å². The van der Waals surface area contributed by atoms with Crippen molar-refractivity contribution in [2.24, 2.45) is 0 Å². The molecule has 1 amide bonds. The van der Waals surface area contributed by atoms with Crippen LogP contribution in [0.25, 0.3) is 0 Å². The predicted molar refractivity (Wildman–Crippen MR) is 78.0 cm³/mol. The summed E-state index contributed by atoms with van der Waals surface area (Å²) < 4.78 is 78.9. The first-order valence-electron chi connectivity index (χ1n) is 7.28. The molecule has 25 heavy (non-hydrogen) atoms. The Labute approximate surface area is 140 Å². The second-order valence-electron chi connectivity index (χ2n) is 5.54. The lowest BCUT2D eigenvalue weighted by molar-refractivity contribution is -0.304. The van der Waals surface area contributed by atoms with Crippen LogP contribution in [0.5, 0.6) is 5.75 Å². The van der Waals surface area contributed by atoms with Gasteiger partial charge in [0.2, 0.25) is 5.91 Å². The molecule has 0 fully saturated rings. The van der Waals surface area contributed by atoms with E-state index in [2.05, 4.69) is 15.4 Å². The molecule has 0 aliphatic carbocycles. The van der Waals surface area contributed by atoms with Crippen molar-refractivity contribution in [3.63, 3.8) is 0 Å². The third-order valence-corrected chi connectivity index (χ3v) is 2.82. The molecule has 0 heterocycles. The van der Waals surface area contributed by atoms with E-state index >= 15 is 0 Å². The summed E-state index contributed by atoms with van der Waals surface area (Å²) in [6, 6.07) is 4.58. The molecule has 0 aliphatic heterocycles. The van der Waals surface area contributed by atoms with E-state index in [-0.39, 0.29) is 25.0 Å². The highest BCUT2D eigenvalue weighted by molar-refractivity contribution is 5.78. The van der Waals surface area contributed by atoms with Gasteiger partial charge in [-0.15, -0.1) is 0 Å². The Kier molecular flexibility index (Phi) is 7.09. The fourth-order valence-corrected chi connectivity index (χ4v) is 1.77. The van der Waals surface area contributed by atoms with Gasteiger partial charge in [0.25, 0.3) is 6.17 Å². The first-order valence-corrected chi connectivity index (χ1v) is 7.28. The molecule has 4 nitrogen and oxygen atoms in total. The minimum atomic E-state index is -5.73. The molecule has 1 atom stereocenters. The average molecular weight is 372 g/mol. The molecule has 0 aromatic heterocycles. The number of rotatable bonds is 8. The molecule has 2 N–H and O–H groups in total. The highest BCUT2D eigenvalue weighted by Gasteiger charge is 2.59. The molecular formula is C15H18F6N2O2. The summed E-state index contributed by atoms with van der Waals surface area (Å²) in [6.45, 7) is 3.85. The molecule has 1 rings (SSSR count). The van der Waals surface area contributed by atoms with E-state index in [1.165, 1.54) is 12.1 Å². The summed E-state index contributed by atoms with van der Waals surface area (Å²) in [5.74, 6) is -0.839. The lowest BCUT2D eigenvalue weighted by atomic mass is 10.2. The van der Waals surface area contributed by atoms with Crippen molar-refractivity contribution in [1.82, 2.24) is 10.6 Å². The molecular weight excluding hydrogens is 354 g/mol. The lowest BCUT2D eigenvalue weighted by Crippen LogP contribution is -2.45. The topological polar surface area (TPSA) is 50.4 Å². The zero-order valence-electron chi connectivity index (χ0n) is 13.5. The third-order valence-electron chi connectivity index (χ3n) is 2.82. The number of hydrogen-bond acceptors (Lipinski definition) is 3. The van der Waals surface area contributed by atoms with E-state index in [0.29, 0.717) is 5.56 Å². The van der Waals surface area contributed by atoms with E-state index < -0.39 is 24.2 Å². The van der Waals surface area contributed by atoms with E-state index in [4.69, 9.17) is 0 Å². The molecule has 1 aromatic rings. The second-order valence-corrected chi connectivity index (χ2v) is 5.54. The summed E-state index contributed by atoms with van der Waals surface area (Å²) in [4.78, 5) is 11.4. The van der Waals surface area contributed by atoms with Crippen LogP contribution >= 0.6 is 0 Å². The van der Waals surface area contributed by atoms with Crippen molar-refractivity contribution in [3.05, 3.63) is 29.8 Å². The highest BCUT2D eigenvalue weighted by Crippen LogP contribution is 2.36. The van der Waals surface area contributed by atoms with Crippen LogP contribution in [0.3, 0.4) is 0 Å². The Bertz CT molecular complexity index is 560. The smallest absolute Gasteiger partial charge is 0.430 e. The number of alkyl halides is 6. The number of halogens is 6. The summed E-state index contributed by atoms with van der Waals surface area (Å²) in [6.07, 6.45) is -15.2. The maximum Gasteiger partial charge on any atom is 0.439 e. The first kappa shape index (κ1) is 21.1. The van der Waals surface area contributed by atoms with Crippen molar-refractivity contribution in [1.29, 1.82) is 0 Å². The van der Waals surface area contributed by atoms with Crippen molar-refractivity contribution in [2.75, 3.05) is 6.54 Å². The molecule has 1 aromatic carbocycles. The van der Waals surface area contributed by atoms with Crippen molar-refractivity contribution in [2.45, 2.75) is 44.9 Å². The minimum absolute atomic E-state index is 0.0107. The van der Waals surface area contributed by atoms with Gasteiger partial charge < -0.3 is 15.4 Å². The Balaban J connectivity index is 2.55. The van der Waals surface area contributed by atoms with E-state index in [0.717, 1.165) is 12.1 Å². The summed E-state index contributed by atoms with van der Waals surface area (Å²) in [7, 11) is 0. The van der Waals surface area contributed by atoms with Gasteiger partial charge in [-0.25, -0.2) is 4.39 Å². The molecule has 0 radical (unpaired) electrons. The number of benzene rings is 1. The van der Waals surface area contributed by atoms with Gasteiger partial charge >= 0.3 is 12.3 Å². The third kappa shape index (κ3) is 7.20. The van der Waals surface area contributed by atoms with Gasteiger partial charge in [0.05, 0.1) is 6.54 Å². The normalized spacial score (nSPS) is 13.6. The first-order chi connectivity index (χ1) is 11.4. The Hall–Kier alpha value is -1.97. The molecule has 0 saturated carbocycles. The number of nitrogens with one attached hydrogen (secondary N) is 2. The number of hydrogen-bond donors (Lipinski definition) is 2. The number of amides is 1. The fraction of sp³-hybridized carbons (Fsp3) is 0.533. The van der Waals surface area contributed by atoms with E-state index in [1.807, 2.05) is 0 Å². The lowest BCUT2D eigenvalue weighted by Gasteiger charge is -2.23. The van der Waals surface area contributed by atoms with Gasteiger partial charge in [-0.05, 0) is 31.5 Å². The monoisotopic (exact) mass is 372 g/mol. The number of carbonyl (C=O) groups excluding carboxylic acids is 1. The molecule has 0 spiro atoms. The van der Waals surface area contributed by atoms with Gasteiger partial charge in [-0.1, -0.05) is 12.1 Å². The zero-order chi connectivity index (χ0) is 19.3. The molecule has 0 bridgehead atoms. The summed E-state index contributed by atoms with van der Waals surface area (Å²) in [5.41, 5.74) is 0.570. The fourth-order valence-electron chi connectivity index (χ4n) is 1.77. The Morgan fingerprint density at radius 2 is 1.68 bits per heavy atom. The molecule has 1 unspecified atom stereocenters. The van der Waals surface area contributed by atoms with E-state index in [9.17, 15) is 31.1 Å². The van der Waals surface area contributed by atoms with Gasteiger partial charge in [0, 0.05) is 12.6 Å². The summed E-state index contributed by atoms with van der Waals surface area (Å²) >= 11 is 0. The zero-order valence-corrected chi connectivity index (χ0v) is 13.5. The van der Waals surface area contributed by atoms with Crippen LogP contribution in [0.1, 0.15) is 19.4 Å². The number of carbonyl (C=O) groups is 1. The van der Waals surface area contributed by atoms with Crippen LogP contribution in [-0.2, 0) is 11.3 Å². The maximum absolute atomic E-state index is 13.1. The average Bonchev–Trinajstić information content (AvgIpc) is 2.46. The molecule has 0 aliphatic rings. The van der Waals surface area contributed by atoms with Gasteiger partial charge in [-0.3, -0.25) is 4.79 Å². The van der Waals surface area contributed by atoms with Crippen molar-refractivity contribution >= 4 is 5.91 Å². The Morgan fingerprint density at radius 3 is 2.16 bits per heavy atom. The van der Waals surface area contributed by atoms with Gasteiger partial charge in [-0.2, -0.15) is 22.0 Å². The highest BCUT2D eigenvalue weighted by atomic mass is 19.4. The minimum Gasteiger partial charge on any atom is -0.430 e.